The summed E-state index contributed by atoms with van der Waals surface area (Å²) >= 11 is 5.90. The van der Waals surface area contributed by atoms with Crippen LogP contribution in [0.15, 0.2) is 12.1 Å². The number of likely N-dealkylation sites (N-methyl/N-ethyl adjacent to an activating group) is 1. The van der Waals surface area contributed by atoms with Gasteiger partial charge in [0.25, 0.3) is 5.91 Å². The lowest BCUT2D eigenvalue weighted by Crippen LogP contribution is -2.33. The number of hydrogen-bond donors (Lipinski definition) is 1. The highest BCUT2D eigenvalue weighted by atomic mass is 35.5. The first-order valence-corrected chi connectivity index (χ1v) is 8.47. The van der Waals surface area contributed by atoms with Crippen LogP contribution in [0.25, 0.3) is 0 Å². The molecule has 0 unspecified atom stereocenters. The van der Waals surface area contributed by atoms with Gasteiger partial charge in [0, 0.05) is 45.8 Å². The van der Waals surface area contributed by atoms with Crippen LogP contribution in [0.3, 0.4) is 0 Å². The van der Waals surface area contributed by atoms with E-state index in [1.807, 2.05) is 7.05 Å². The number of amides is 1. The standard InChI is InChI=1S/C17H23ClF2N2O3/c1-21(3-4-25-2)7-11-8-22(9-12(11)10-23)17(24)13-5-15(19)16(20)6-14(13)18/h5-6,11-12,23H,3-4,7-10H2,1-2H3/t11-,12-/m1/s1. The number of aliphatic hydroxyl groups is 1. The van der Waals surface area contributed by atoms with E-state index in [4.69, 9.17) is 16.3 Å². The summed E-state index contributed by atoms with van der Waals surface area (Å²) in [4.78, 5) is 16.2. The molecule has 1 heterocycles. The minimum atomic E-state index is -1.11. The zero-order valence-corrected chi connectivity index (χ0v) is 15.1. The molecule has 1 fully saturated rings. The number of carbonyl (C=O) groups is 1. The lowest BCUT2D eigenvalue weighted by Gasteiger charge is -2.23. The Bertz CT molecular complexity index is 618. The summed E-state index contributed by atoms with van der Waals surface area (Å²) in [5.41, 5.74) is -0.0642. The number of likely N-dealkylation sites (tertiary alicyclic amines) is 1. The molecule has 1 saturated heterocycles. The van der Waals surface area contributed by atoms with Crippen LogP contribution in [0.5, 0.6) is 0 Å². The van der Waals surface area contributed by atoms with Gasteiger partial charge < -0.3 is 19.6 Å². The summed E-state index contributed by atoms with van der Waals surface area (Å²) in [6, 6.07) is 1.63. The van der Waals surface area contributed by atoms with E-state index in [1.54, 1.807) is 7.11 Å². The Morgan fingerprint density at radius 1 is 1.36 bits per heavy atom. The van der Waals surface area contributed by atoms with E-state index in [1.165, 1.54) is 4.90 Å². The number of rotatable bonds is 7. The summed E-state index contributed by atoms with van der Waals surface area (Å²) in [5.74, 6) is -2.64. The quantitative estimate of drug-likeness (QED) is 0.738. The Balaban J connectivity index is 2.08. The molecule has 0 radical (unpaired) electrons. The third-order valence-electron chi connectivity index (χ3n) is 4.56. The molecule has 140 valence electrons. The van der Waals surface area contributed by atoms with Gasteiger partial charge >= 0.3 is 0 Å². The van der Waals surface area contributed by atoms with Gasteiger partial charge in [0.05, 0.1) is 17.2 Å². The Morgan fingerprint density at radius 3 is 2.64 bits per heavy atom. The molecule has 1 aliphatic heterocycles. The summed E-state index contributed by atoms with van der Waals surface area (Å²) in [5, 5.41) is 9.49. The van der Waals surface area contributed by atoms with Gasteiger partial charge in [0.2, 0.25) is 0 Å². The Labute approximate surface area is 151 Å². The second kappa shape index (κ2) is 8.89. The molecular formula is C17H23ClF2N2O3. The zero-order chi connectivity index (χ0) is 18.6. The minimum Gasteiger partial charge on any atom is -0.396 e. The van der Waals surface area contributed by atoms with Crippen LogP contribution in [0.4, 0.5) is 8.78 Å². The third-order valence-corrected chi connectivity index (χ3v) is 4.87. The maximum absolute atomic E-state index is 13.5. The SMILES string of the molecule is COCCN(C)C[C@@H]1CN(C(=O)c2cc(F)c(F)cc2Cl)C[C@@H]1CO. The van der Waals surface area contributed by atoms with Crippen molar-refractivity contribution in [2.45, 2.75) is 0 Å². The fourth-order valence-electron chi connectivity index (χ4n) is 3.11. The average molecular weight is 377 g/mol. The fraction of sp³-hybridized carbons (Fsp3) is 0.588. The van der Waals surface area contributed by atoms with Crippen molar-refractivity contribution in [3.63, 3.8) is 0 Å². The normalized spacial score (nSPS) is 20.5. The van der Waals surface area contributed by atoms with Gasteiger partial charge in [-0.05, 0) is 25.1 Å². The van der Waals surface area contributed by atoms with Crippen LogP contribution in [0.2, 0.25) is 5.02 Å². The summed E-state index contributed by atoms with van der Waals surface area (Å²) in [6.07, 6.45) is 0. The van der Waals surface area contributed by atoms with Gasteiger partial charge in [-0.1, -0.05) is 11.6 Å². The second-order valence-corrected chi connectivity index (χ2v) is 6.82. The molecule has 0 bridgehead atoms. The van der Waals surface area contributed by atoms with Gasteiger partial charge in [-0.2, -0.15) is 0 Å². The molecule has 1 aromatic rings. The first kappa shape index (κ1) is 20.0. The van der Waals surface area contributed by atoms with E-state index >= 15 is 0 Å². The highest BCUT2D eigenvalue weighted by Crippen LogP contribution is 2.28. The van der Waals surface area contributed by atoms with Crippen molar-refractivity contribution in [3.05, 3.63) is 34.4 Å². The molecule has 1 aliphatic rings. The Hall–Kier alpha value is -1.28. The van der Waals surface area contributed by atoms with Crippen molar-refractivity contribution in [2.75, 3.05) is 53.6 Å². The predicted molar refractivity (Wildman–Crippen MR) is 90.7 cm³/mol. The van der Waals surface area contributed by atoms with Gasteiger partial charge in [-0.15, -0.1) is 0 Å². The van der Waals surface area contributed by atoms with E-state index in [9.17, 15) is 18.7 Å². The number of halogens is 3. The van der Waals surface area contributed by atoms with Crippen molar-refractivity contribution >= 4 is 17.5 Å². The molecule has 1 amide bonds. The van der Waals surface area contributed by atoms with E-state index in [-0.39, 0.29) is 29.0 Å². The van der Waals surface area contributed by atoms with Gasteiger partial charge in [0.1, 0.15) is 0 Å². The monoisotopic (exact) mass is 376 g/mol. The molecular weight excluding hydrogens is 354 g/mol. The van der Waals surface area contributed by atoms with Crippen LogP contribution in [0, 0.1) is 23.5 Å². The number of nitrogens with zero attached hydrogens (tertiary/aromatic N) is 2. The Kier molecular flexibility index (Phi) is 7.13. The van der Waals surface area contributed by atoms with Crippen molar-refractivity contribution < 1.29 is 23.4 Å². The maximum Gasteiger partial charge on any atom is 0.255 e. The molecule has 0 saturated carbocycles. The number of methoxy groups -OCH3 is 1. The molecule has 0 aromatic heterocycles. The molecule has 2 atom stereocenters. The molecule has 25 heavy (non-hydrogen) atoms. The maximum atomic E-state index is 13.5. The first-order valence-electron chi connectivity index (χ1n) is 8.09. The highest BCUT2D eigenvalue weighted by Gasteiger charge is 2.36. The predicted octanol–water partition coefficient (Wildman–Crippen LogP) is 1.88. The third kappa shape index (κ3) is 4.88. The van der Waals surface area contributed by atoms with E-state index in [0.29, 0.717) is 26.2 Å². The van der Waals surface area contributed by atoms with E-state index in [2.05, 4.69) is 4.90 Å². The molecule has 1 aromatic carbocycles. The van der Waals surface area contributed by atoms with Gasteiger partial charge in [-0.25, -0.2) is 8.78 Å². The van der Waals surface area contributed by atoms with Crippen LogP contribution < -0.4 is 0 Å². The van der Waals surface area contributed by atoms with Crippen LogP contribution in [-0.2, 0) is 4.74 Å². The first-order chi connectivity index (χ1) is 11.9. The minimum absolute atomic E-state index is 0.0436. The average Bonchev–Trinajstić information content (AvgIpc) is 2.98. The number of hydrogen-bond acceptors (Lipinski definition) is 4. The molecule has 0 spiro atoms. The van der Waals surface area contributed by atoms with Crippen molar-refractivity contribution in [1.29, 1.82) is 0 Å². The van der Waals surface area contributed by atoms with Crippen LogP contribution in [0.1, 0.15) is 10.4 Å². The fourth-order valence-corrected chi connectivity index (χ4v) is 3.34. The van der Waals surface area contributed by atoms with Crippen molar-refractivity contribution in [2.24, 2.45) is 11.8 Å². The summed E-state index contributed by atoms with van der Waals surface area (Å²) in [6.45, 7) is 2.78. The number of ether oxygens (including phenoxy) is 1. The highest BCUT2D eigenvalue weighted by molar-refractivity contribution is 6.33. The number of aliphatic hydroxyl groups excluding tert-OH is 1. The molecule has 2 rings (SSSR count). The smallest absolute Gasteiger partial charge is 0.255 e. The molecule has 0 aliphatic carbocycles. The summed E-state index contributed by atoms with van der Waals surface area (Å²) < 4.78 is 31.7. The number of carbonyl (C=O) groups excluding carboxylic acids is 1. The topological polar surface area (TPSA) is 53.0 Å². The Morgan fingerprint density at radius 2 is 2.00 bits per heavy atom. The molecule has 8 heteroatoms. The van der Waals surface area contributed by atoms with E-state index in [0.717, 1.165) is 18.7 Å². The van der Waals surface area contributed by atoms with Gasteiger partial charge in [-0.3, -0.25) is 4.79 Å². The number of benzene rings is 1. The van der Waals surface area contributed by atoms with Crippen LogP contribution >= 0.6 is 11.6 Å². The lowest BCUT2D eigenvalue weighted by atomic mass is 9.96. The summed E-state index contributed by atoms with van der Waals surface area (Å²) in [7, 11) is 3.58. The molecule has 5 nitrogen and oxygen atoms in total. The van der Waals surface area contributed by atoms with E-state index < -0.39 is 17.5 Å². The largest absolute Gasteiger partial charge is 0.396 e. The molecule has 1 N–H and O–H groups in total. The van der Waals surface area contributed by atoms with Gasteiger partial charge in [0.15, 0.2) is 11.6 Å². The van der Waals surface area contributed by atoms with Crippen LogP contribution in [-0.4, -0.2) is 74.4 Å². The lowest BCUT2D eigenvalue weighted by molar-refractivity contribution is 0.0778. The second-order valence-electron chi connectivity index (χ2n) is 6.41. The van der Waals surface area contributed by atoms with Crippen molar-refractivity contribution in [1.82, 2.24) is 9.80 Å². The van der Waals surface area contributed by atoms with Crippen molar-refractivity contribution in [3.8, 4) is 0 Å². The zero-order valence-electron chi connectivity index (χ0n) is 14.3.